The van der Waals surface area contributed by atoms with Crippen molar-refractivity contribution in [3.05, 3.63) is 86.8 Å². The fourth-order valence-corrected chi connectivity index (χ4v) is 2.86. The van der Waals surface area contributed by atoms with Crippen molar-refractivity contribution in [1.82, 2.24) is 9.55 Å². The van der Waals surface area contributed by atoms with Crippen LogP contribution in [0.3, 0.4) is 0 Å². The zero-order valence-corrected chi connectivity index (χ0v) is 15.5. The molecule has 2 N–H and O–H groups in total. The van der Waals surface area contributed by atoms with Crippen LogP contribution in [0.1, 0.15) is 32.6 Å². The van der Waals surface area contributed by atoms with Crippen LogP contribution < -0.4 is 10.9 Å². The fourth-order valence-electron chi connectivity index (χ4n) is 2.86. The number of aryl methyl sites for hydroxylation is 3. The third kappa shape index (κ3) is 4.06. The monoisotopic (exact) mass is 363 g/mol. The average molecular weight is 363 g/mol. The van der Waals surface area contributed by atoms with Crippen LogP contribution in [0.25, 0.3) is 0 Å². The van der Waals surface area contributed by atoms with E-state index in [9.17, 15) is 14.7 Å². The molecule has 0 aliphatic carbocycles. The molecule has 0 aliphatic heterocycles. The highest BCUT2D eigenvalue weighted by Crippen LogP contribution is 2.23. The van der Waals surface area contributed by atoms with Crippen molar-refractivity contribution >= 4 is 17.6 Å². The van der Waals surface area contributed by atoms with E-state index in [-0.39, 0.29) is 5.56 Å². The van der Waals surface area contributed by atoms with Gasteiger partial charge >= 0.3 is 5.97 Å². The van der Waals surface area contributed by atoms with Crippen LogP contribution in [0.5, 0.6) is 0 Å². The molecular weight excluding hydrogens is 342 g/mol. The number of hydrogen-bond acceptors (Lipinski definition) is 4. The molecule has 6 nitrogen and oxygen atoms in total. The number of aromatic nitrogens is 2. The Bertz CT molecular complexity index is 1060. The standard InChI is InChI=1S/C21H21N3O3/c1-13-9-15(3)18(10-14(13)2)22-21-23-19(25)17(20(26)27)12-24(21)11-16-7-5-4-6-8-16/h4-10,12H,11H2,1-3H3,(H,26,27)(H,22,23,25). The van der Waals surface area contributed by atoms with Crippen molar-refractivity contribution in [2.75, 3.05) is 5.32 Å². The summed E-state index contributed by atoms with van der Waals surface area (Å²) >= 11 is 0. The van der Waals surface area contributed by atoms with E-state index in [1.54, 1.807) is 4.57 Å². The smallest absolute Gasteiger partial charge is 0.342 e. The summed E-state index contributed by atoms with van der Waals surface area (Å²) < 4.78 is 1.65. The molecule has 0 saturated heterocycles. The normalized spacial score (nSPS) is 10.6. The van der Waals surface area contributed by atoms with Crippen molar-refractivity contribution in [2.45, 2.75) is 27.3 Å². The first kappa shape index (κ1) is 18.4. The van der Waals surface area contributed by atoms with Crippen LogP contribution in [0.4, 0.5) is 11.6 Å². The number of aromatic carboxylic acids is 1. The molecule has 1 aromatic heterocycles. The SMILES string of the molecule is Cc1cc(C)c(Nc2nc(=O)c(C(=O)O)cn2Cc2ccccc2)cc1C. The van der Waals surface area contributed by atoms with Gasteiger partial charge in [-0.05, 0) is 49.1 Å². The van der Waals surface area contributed by atoms with Gasteiger partial charge in [0.05, 0.1) is 6.54 Å². The summed E-state index contributed by atoms with van der Waals surface area (Å²) in [6.07, 6.45) is 1.34. The Balaban J connectivity index is 2.08. The predicted molar refractivity (Wildman–Crippen MR) is 105 cm³/mol. The molecule has 0 atom stereocenters. The molecule has 1 heterocycles. The Morgan fingerprint density at radius 3 is 2.41 bits per heavy atom. The van der Waals surface area contributed by atoms with Gasteiger partial charge in [0.25, 0.3) is 5.56 Å². The number of nitrogens with zero attached hydrogens (tertiary/aromatic N) is 2. The lowest BCUT2D eigenvalue weighted by Gasteiger charge is -2.17. The number of hydrogen-bond donors (Lipinski definition) is 2. The molecule has 2 aromatic carbocycles. The van der Waals surface area contributed by atoms with Gasteiger partial charge in [-0.1, -0.05) is 36.4 Å². The topological polar surface area (TPSA) is 84.2 Å². The van der Waals surface area contributed by atoms with Crippen molar-refractivity contribution in [3.63, 3.8) is 0 Å². The first-order valence-electron chi connectivity index (χ1n) is 8.58. The summed E-state index contributed by atoms with van der Waals surface area (Å²) in [4.78, 5) is 27.5. The molecule has 0 fully saturated rings. The molecule has 0 radical (unpaired) electrons. The maximum atomic E-state index is 12.1. The minimum absolute atomic E-state index is 0.306. The molecule has 0 unspecified atom stereocenters. The molecule has 0 amide bonds. The Morgan fingerprint density at radius 1 is 1.07 bits per heavy atom. The minimum atomic E-state index is -1.29. The highest BCUT2D eigenvalue weighted by Gasteiger charge is 2.15. The van der Waals surface area contributed by atoms with Crippen LogP contribution in [0.2, 0.25) is 0 Å². The van der Waals surface area contributed by atoms with E-state index < -0.39 is 11.5 Å². The fraction of sp³-hybridized carbons (Fsp3) is 0.190. The maximum absolute atomic E-state index is 12.1. The van der Waals surface area contributed by atoms with E-state index in [0.717, 1.165) is 22.4 Å². The number of nitrogens with one attached hydrogen (secondary N) is 1. The van der Waals surface area contributed by atoms with Crippen molar-refractivity contribution in [2.24, 2.45) is 0 Å². The molecule has 0 spiro atoms. The zero-order chi connectivity index (χ0) is 19.6. The van der Waals surface area contributed by atoms with Crippen LogP contribution in [0.15, 0.2) is 53.5 Å². The summed E-state index contributed by atoms with van der Waals surface area (Å²) in [6.45, 7) is 6.41. The molecule has 27 heavy (non-hydrogen) atoms. The van der Waals surface area contributed by atoms with Gasteiger partial charge in [-0.25, -0.2) is 4.79 Å². The second-order valence-corrected chi connectivity index (χ2v) is 6.58. The minimum Gasteiger partial charge on any atom is -0.477 e. The van der Waals surface area contributed by atoms with Gasteiger partial charge in [0.1, 0.15) is 5.56 Å². The van der Waals surface area contributed by atoms with Gasteiger partial charge < -0.3 is 15.0 Å². The molecule has 138 valence electrons. The van der Waals surface area contributed by atoms with Crippen LogP contribution in [0, 0.1) is 20.8 Å². The predicted octanol–water partition coefficient (Wildman–Crippen LogP) is 3.66. The van der Waals surface area contributed by atoms with E-state index in [4.69, 9.17) is 0 Å². The van der Waals surface area contributed by atoms with Crippen molar-refractivity contribution in [1.29, 1.82) is 0 Å². The van der Waals surface area contributed by atoms with E-state index in [2.05, 4.69) is 16.4 Å². The van der Waals surface area contributed by atoms with Gasteiger partial charge in [-0.15, -0.1) is 0 Å². The molecule has 3 aromatic rings. The summed E-state index contributed by atoms with van der Waals surface area (Å²) in [5.41, 5.74) is 3.98. The van der Waals surface area contributed by atoms with Crippen molar-refractivity contribution in [3.8, 4) is 0 Å². The van der Waals surface area contributed by atoms with Gasteiger partial charge in [0, 0.05) is 11.9 Å². The summed E-state index contributed by atoms with van der Waals surface area (Å²) in [6, 6.07) is 13.6. The van der Waals surface area contributed by atoms with E-state index >= 15 is 0 Å². The van der Waals surface area contributed by atoms with Gasteiger partial charge in [-0.2, -0.15) is 4.98 Å². The molecular formula is C21H21N3O3. The van der Waals surface area contributed by atoms with E-state index in [1.165, 1.54) is 11.8 Å². The zero-order valence-electron chi connectivity index (χ0n) is 15.5. The number of carboxylic acids is 1. The highest BCUT2D eigenvalue weighted by molar-refractivity contribution is 5.86. The Morgan fingerprint density at radius 2 is 1.74 bits per heavy atom. The summed E-state index contributed by atoms with van der Waals surface area (Å²) in [7, 11) is 0. The summed E-state index contributed by atoms with van der Waals surface area (Å²) in [5.74, 6) is -0.983. The third-order valence-corrected chi connectivity index (χ3v) is 4.51. The number of anilines is 2. The molecule has 3 rings (SSSR count). The first-order valence-corrected chi connectivity index (χ1v) is 8.58. The highest BCUT2D eigenvalue weighted by atomic mass is 16.4. The maximum Gasteiger partial charge on any atom is 0.342 e. The van der Waals surface area contributed by atoms with Gasteiger partial charge in [-0.3, -0.25) is 4.79 Å². The molecule has 0 aliphatic rings. The van der Waals surface area contributed by atoms with Crippen LogP contribution >= 0.6 is 0 Å². The average Bonchev–Trinajstić information content (AvgIpc) is 2.62. The third-order valence-electron chi connectivity index (χ3n) is 4.51. The van der Waals surface area contributed by atoms with Crippen LogP contribution in [-0.4, -0.2) is 20.6 Å². The lowest BCUT2D eigenvalue weighted by atomic mass is 10.1. The molecule has 0 saturated carbocycles. The number of rotatable bonds is 5. The first-order chi connectivity index (χ1) is 12.8. The largest absolute Gasteiger partial charge is 0.477 e. The second-order valence-electron chi connectivity index (χ2n) is 6.58. The van der Waals surface area contributed by atoms with Gasteiger partial charge in [0.2, 0.25) is 5.95 Å². The van der Waals surface area contributed by atoms with Crippen LogP contribution in [-0.2, 0) is 6.54 Å². The lowest BCUT2D eigenvalue weighted by molar-refractivity contribution is 0.0694. The van der Waals surface area contributed by atoms with E-state index in [1.807, 2.05) is 57.2 Å². The van der Waals surface area contributed by atoms with Gasteiger partial charge in [0.15, 0.2) is 0 Å². The molecule has 0 bridgehead atoms. The Kier molecular flexibility index (Phi) is 5.07. The number of carboxylic acid groups (broad SMARTS) is 1. The number of carbonyl (C=O) groups is 1. The van der Waals surface area contributed by atoms with Crippen molar-refractivity contribution < 1.29 is 9.90 Å². The number of benzene rings is 2. The Labute approximate surface area is 157 Å². The summed E-state index contributed by atoms with van der Waals surface area (Å²) in [5, 5.41) is 12.5. The van der Waals surface area contributed by atoms with E-state index in [0.29, 0.717) is 12.5 Å². The second kappa shape index (κ2) is 7.45. The Hall–Kier alpha value is -3.41. The lowest BCUT2D eigenvalue weighted by Crippen LogP contribution is -2.24. The quantitative estimate of drug-likeness (QED) is 0.723. The molecule has 6 heteroatoms.